The maximum absolute atomic E-state index is 14.7. The Morgan fingerprint density at radius 3 is 0.802 bits per heavy atom. The van der Waals surface area contributed by atoms with Gasteiger partial charge in [0.05, 0.1) is 103 Å². The molecule has 0 amide bonds. The molecule has 0 N–H and O–H groups in total. The van der Waals surface area contributed by atoms with E-state index in [1.165, 1.54) is 6.07 Å². The van der Waals surface area contributed by atoms with Gasteiger partial charge in [-0.3, -0.25) is 0 Å². The minimum atomic E-state index is -5.13. The Morgan fingerprint density at radius 2 is 0.500 bits per heavy atom. The topological polar surface area (TPSA) is 129 Å². The van der Waals surface area contributed by atoms with E-state index in [0.29, 0.717) is 61.4 Å². The molecular weight excluding hydrogens is 1090 g/mol. The Morgan fingerprint density at radius 1 is 0.244 bits per heavy atom. The molecule has 7 nitrogen and oxygen atoms in total. The van der Waals surface area contributed by atoms with Crippen molar-refractivity contribution >= 4 is 43.6 Å². The molecule has 0 aliphatic heterocycles. The zero-order chi connectivity index (χ0) is 59.6. The van der Waals surface area contributed by atoms with Gasteiger partial charge in [0.25, 0.3) is 0 Å². The van der Waals surface area contributed by atoms with E-state index in [-0.39, 0.29) is 17.2 Å². The lowest BCUT2D eigenvalue weighted by molar-refractivity contribution is -0.143. The van der Waals surface area contributed by atoms with Crippen molar-refractivity contribution in [2.24, 2.45) is 0 Å². The second kappa shape index (κ2) is 20.8. The van der Waals surface area contributed by atoms with E-state index < -0.39 is 23.5 Å². The van der Waals surface area contributed by atoms with Crippen LogP contribution < -0.4 is 0 Å². The van der Waals surface area contributed by atoms with Crippen LogP contribution in [-0.4, -0.2) is 9.13 Å². The highest BCUT2D eigenvalue weighted by Gasteiger charge is 2.37. The lowest BCUT2D eigenvalue weighted by Crippen LogP contribution is -2.11. The molecule has 0 bridgehead atoms. The highest BCUT2D eigenvalue weighted by atomic mass is 19.4. The summed E-state index contributed by atoms with van der Waals surface area (Å²) in [6, 6.07) is 75.0. The van der Waals surface area contributed by atoms with E-state index in [1.54, 1.807) is 78.9 Å². The second-order valence-electron chi connectivity index (χ2n) is 20.7. The molecule has 0 spiro atoms. The first-order valence-corrected chi connectivity index (χ1v) is 26.8. The molecule has 86 heavy (non-hydrogen) atoms. The van der Waals surface area contributed by atoms with Crippen LogP contribution in [-0.2, 0) is 12.4 Å². The highest BCUT2D eigenvalue weighted by Crippen LogP contribution is 2.46. The van der Waals surface area contributed by atoms with Gasteiger partial charge in [-0.25, -0.2) is 0 Å². The Hall–Kier alpha value is -12.0. The molecule has 0 aliphatic carbocycles. The standard InChI is InChI=1S/C73H37F6N7/c74-72(75,76)58-30-57(31-59(37-58)73(77,78)79)56-18-24-61(71(36-56)86-68-27-21-54(50-14-5-45(40-82)6-15-50)34-64(68)65-35-55(22-28-69(65)86)51-16-7-46(41-83)8-17-51)60-23-9-47(42-84)29-70(60)85-66-25-19-52(48-10-1-43(38-80)2-11-48)32-62(66)63-33-53(20-26-67(63)85)49-12-3-44(39-81)4-13-49/h1-37H. The number of benzene rings is 11. The number of halogens is 6. The van der Waals surface area contributed by atoms with Gasteiger partial charge in [0.1, 0.15) is 0 Å². The fourth-order valence-electron chi connectivity index (χ4n) is 11.5. The van der Waals surface area contributed by atoms with Crippen LogP contribution >= 0.6 is 0 Å². The average Bonchev–Trinajstić information content (AvgIpc) is 1.66. The van der Waals surface area contributed by atoms with E-state index in [2.05, 4.69) is 42.5 Å². The largest absolute Gasteiger partial charge is 0.416 e. The summed E-state index contributed by atoms with van der Waals surface area (Å²) < 4.78 is 92.0. The maximum atomic E-state index is 14.7. The fourth-order valence-corrected chi connectivity index (χ4v) is 11.5. The van der Waals surface area contributed by atoms with Gasteiger partial charge in [0.15, 0.2) is 0 Å². The molecular formula is C73H37F6N7. The summed E-state index contributed by atoms with van der Waals surface area (Å²) in [5.74, 6) is 0. The van der Waals surface area contributed by atoms with Gasteiger partial charge in [-0.05, 0) is 189 Å². The molecule has 2 aromatic heterocycles. The minimum Gasteiger partial charge on any atom is -0.309 e. The van der Waals surface area contributed by atoms with Gasteiger partial charge in [-0.1, -0.05) is 91.0 Å². The van der Waals surface area contributed by atoms with Gasteiger partial charge in [0.2, 0.25) is 0 Å². The second-order valence-corrected chi connectivity index (χ2v) is 20.7. The molecule has 13 aromatic rings. The van der Waals surface area contributed by atoms with E-state index in [1.807, 2.05) is 118 Å². The monoisotopic (exact) mass is 1130 g/mol. The third kappa shape index (κ3) is 9.46. The predicted octanol–water partition coefficient (Wildman–Crippen LogP) is 19.3. The molecule has 13 rings (SSSR count). The smallest absolute Gasteiger partial charge is 0.309 e. The maximum Gasteiger partial charge on any atom is 0.416 e. The molecule has 0 atom stereocenters. The first kappa shape index (κ1) is 53.4. The van der Waals surface area contributed by atoms with Gasteiger partial charge < -0.3 is 9.13 Å². The summed E-state index contributed by atoms with van der Waals surface area (Å²) in [5.41, 5.74) is 10.3. The molecule has 13 heteroatoms. The number of nitrogens with zero attached hydrogens (tertiary/aromatic N) is 7. The Labute approximate surface area is 487 Å². The van der Waals surface area contributed by atoms with Gasteiger partial charge >= 0.3 is 12.4 Å². The molecule has 0 radical (unpaired) electrons. The summed E-state index contributed by atoms with van der Waals surface area (Å²) in [6.45, 7) is 0. The lowest BCUT2D eigenvalue weighted by atomic mass is 9.94. The van der Waals surface area contributed by atoms with E-state index in [9.17, 15) is 52.7 Å². The summed E-state index contributed by atoms with van der Waals surface area (Å²) in [4.78, 5) is 0. The van der Waals surface area contributed by atoms with Crippen molar-refractivity contribution in [1.82, 2.24) is 9.13 Å². The van der Waals surface area contributed by atoms with Crippen LogP contribution in [0, 0.1) is 56.7 Å². The molecule has 0 aliphatic rings. The summed E-state index contributed by atoms with van der Waals surface area (Å²) in [6.07, 6.45) is -10.3. The van der Waals surface area contributed by atoms with Crippen LogP contribution in [0.15, 0.2) is 224 Å². The van der Waals surface area contributed by atoms with Crippen LogP contribution in [0.1, 0.15) is 38.9 Å². The first-order valence-electron chi connectivity index (χ1n) is 26.8. The van der Waals surface area contributed by atoms with Crippen molar-refractivity contribution in [3.05, 3.63) is 263 Å². The number of fused-ring (bicyclic) bond motifs is 6. The number of aromatic nitrogens is 2. The Bertz CT molecular complexity index is 4910. The van der Waals surface area contributed by atoms with Crippen molar-refractivity contribution < 1.29 is 26.3 Å². The normalized spacial score (nSPS) is 11.5. The first-order chi connectivity index (χ1) is 41.6. The fraction of sp³-hybridized carbons (Fsp3) is 0.0274. The van der Waals surface area contributed by atoms with Crippen molar-refractivity contribution in [2.45, 2.75) is 12.4 Å². The van der Waals surface area contributed by atoms with Crippen LogP contribution in [0.4, 0.5) is 26.3 Å². The summed E-state index contributed by atoms with van der Waals surface area (Å²) in [7, 11) is 0. The van der Waals surface area contributed by atoms with E-state index >= 15 is 0 Å². The van der Waals surface area contributed by atoms with Crippen molar-refractivity contribution in [3.8, 4) is 108 Å². The lowest BCUT2D eigenvalue weighted by Gasteiger charge is -2.21. The molecule has 0 saturated heterocycles. The average molecular weight is 1130 g/mol. The van der Waals surface area contributed by atoms with Crippen LogP contribution in [0.2, 0.25) is 0 Å². The van der Waals surface area contributed by atoms with E-state index in [4.69, 9.17) is 0 Å². The number of nitriles is 5. The van der Waals surface area contributed by atoms with Crippen molar-refractivity contribution in [3.63, 3.8) is 0 Å². The molecule has 2 heterocycles. The van der Waals surface area contributed by atoms with Crippen molar-refractivity contribution in [1.29, 1.82) is 26.3 Å². The molecule has 0 saturated carbocycles. The third-order valence-electron chi connectivity index (χ3n) is 15.7. The molecule has 0 unspecified atom stereocenters. The van der Waals surface area contributed by atoms with E-state index in [0.717, 1.165) is 89.2 Å². The zero-order valence-corrected chi connectivity index (χ0v) is 44.8. The van der Waals surface area contributed by atoms with Gasteiger partial charge in [-0.2, -0.15) is 52.7 Å². The quantitative estimate of drug-likeness (QED) is 0.140. The molecule has 0 fully saturated rings. The third-order valence-corrected chi connectivity index (χ3v) is 15.7. The number of rotatable bonds is 8. The minimum absolute atomic E-state index is 0.0523. The SMILES string of the molecule is N#Cc1ccc(-c2ccc3c(c2)c2cc(-c4ccc(C#N)cc4)ccc2n3-c2cc(C#N)ccc2-c2ccc(-c3cc(C(F)(F)F)cc(C(F)(F)F)c3)cc2-n2c3ccc(-c4ccc(C#N)cc4)cc3c3cc(-c4ccc(C#N)cc4)ccc32)cc1. The van der Waals surface area contributed by atoms with Crippen molar-refractivity contribution in [2.75, 3.05) is 0 Å². The van der Waals surface area contributed by atoms with Gasteiger partial charge in [-0.15, -0.1) is 0 Å². The number of hydrogen-bond donors (Lipinski definition) is 0. The molecule has 406 valence electrons. The predicted molar refractivity (Wildman–Crippen MR) is 321 cm³/mol. The number of alkyl halides is 6. The van der Waals surface area contributed by atoms with Crippen LogP contribution in [0.25, 0.3) is 122 Å². The van der Waals surface area contributed by atoms with Crippen LogP contribution in [0.5, 0.6) is 0 Å². The van der Waals surface area contributed by atoms with Crippen LogP contribution in [0.3, 0.4) is 0 Å². The Kier molecular flexibility index (Phi) is 12.9. The molecule has 11 aromatic carbocycles. The summed E-state index contributed by atoms with van der Waals surface area (Å²) >= 11 is 0. The summed E-state index contributed by atoms with van der Waals surface area (Å²) in [5, 5.41) is 52.3. The Balaban J connectivity index is 1.12. The zero-order valence-electron chi connectivity index (χ0n) is 44.8. The van der Waals surface area contributed by atoms with Gasteiger partial charge in [0, 0.05) is 32.7 Å². The highest BCUT2D eigenvalue weighted by molar-refractivity contribution is 6.14. The number of hydrogen-bond acceptors (Lipinski definition) is 5.